The molecule has 0 bridgehead atoms. The van der Waals surface area contributed by atoms with Gasteiger partial charge in [0, 0.05) is 22.4 Å². The molecular formula is C18H12BrF3N4O2. The minimum atomic E-state index is -4.67. The topological polar surface area (TPSA) is 72.5 Å². The molecule has 0 atom stereocenters. The third-order valence-electron chi connectivity index (χ3n) is 3.77. The SMILES string of the molecule is O=[N+]([O-])c1cc(C(F)(F)F)ccc1N/N=C\c1cccn1-c1cccc(Br)c1. The number of nitrogens with one attached hydrogen (secondary N) is 1. The Morgan fingerprint density at radius 3 is 2.61 bits per heavy atom. The molecule has 0 saturated heterocycles. The van der Waals surface area contributed by atoms with Crippen molar-refractivity contribution in [3.05, 3.63) is 86.6 Å². The highest BCUT2D eigenvalue weighted by Crippen LogP contribution is 2.34. The van der Waals surface area contributed by atoms with Crippen LogP contribution in [-0.4, -0.2) is 15.7 Å². The zero-order chi connectivity index (χ0) is 20.3. The first kappa shape index (κ1) is 19.6. The molecule has 0 unspecified atom stereocenters. The van der Waals surface area contributed by atoms with Gasteiger partial charge in [-0.25, -0.2) is 0 Å². The van der Waals surface area contributed by atoms with E-state index in [0.717, 1.165) is 22.3 Å². The Morgan fingerprint density at radius 2 is 1.93 bits per heavy atom. The number of hydrogen-bond donors (Lipinski definition) is 1. The second-order valence-electron chi connectivity index (χ2n) is 5.64. The van der Waals surface area contributed by atoms with Crippen molar-refractivity contribution in [1.29, 1.82) is 0 Å². The minimum absolute atomic E-state index is 0.144. The molecule has 1 heterocycles. The van der Waals surface area contributed by atoms with Gasteiger partial charge in [-0.15, -0.1) is 0 Å². The highest BCUT2D eigenvalue weighted by atomic mass is 79.9. The van der Waals surface area contributed by atoms with Crippen LogP contribution in [0.5, 0.6) is 0 Å². The summed E-state index contributed by atoms with van der Waals surface area (Å²) in [6, 6.07) is 13.3. The highest BCUT2D eigenvalue weighted by Gasteiger charge is 2.33. The molecule has 0 saturated carbocycles. The zero-order valence-corrected chi connectivity index (χ0v) is 15.6. The summed E-state index contributed by atoms with van der Waals surface area (Å²) in [4.78, 5) is 10.2. The molecule has 10 heteroatoms. The van der Waals surface area contributed by atoms with Gasteiger partial charge in [0.05, 0.1) is 22.4 Å². The summed E-state index contributed by atoms with van der Waals surface area (Å²) in [5.41, 5.74) is 2.01. The number of benzene rings is 2. The van der Waals surface area contributed by atoms with Crippen molar-refractivity contribution in [3.63, 3.8) is 0 Å². The Balaban J connectivity index is 1.85. The van der Waals surface area contributed by atoms with Crippen LogP contribution in [0.15, 0.2) is 70.4 Å². The Kier molecular flexibility index (Phi) is 5.50. The normalized spacial score (nSPS) is 11.7. The standard InChI is InChI=1S/C18H12BrF3N4O2/c19-13-3-1-4-14(10-13)25-8-2-5-15(25)11-23-24-16-7-6-12(18(20,21)22)9-17(16)26(27)28/h1-11,24H/b23-11-. The van der Waals surface area contributed by atoms with Gasteiger partial charge in [-0.05, 0) is 42.5 Å². The van der Waals surface area contributed by atoms with E-state index in [1.54, 1.807) is 12.1 Å². The van der Waals surface area contributed by atoms with Crippen molar-refractivity contribution >= 4 is 33.5 Å². The van der Waals surface area contributed by atoms with E-state index < -0.39 is 22.4 Å². The maximum absolute atomic E-state index is 12.8. The Labute approximate surface area is 165 Å². The summed E-state index contributed by atoms with van der Waals surface area (Å²) in [5.74, 6) is 0. The van der Waals surface area contributed by atoms with Crippen molar-refractivity contribution in [2.75, 3.05) is 5.43 Å². The summed E-state index contributed by atoms with van der Waals surface area (Å²) in [6.07, 6.45) is -1.44. The van der Waals surface area contributed by atoms with E-state index in [2.05, 4.69) is 26.5 Å². The quantitative estimate of drug-likeness (QED) is 0.310. The lowest BCUT2D eigenvalue weighted by molar-refractivity contribution is -0.384. The number of rotatable bonds is 5. The van der Waals surface area contributed by atoms with Crippen LogP contribution >= 0.6 is 15.9 Å². The van der Waals surface area contributed by atoms with Crippen molar-refractivity contribution in [1.82, 2.24) is 4.57 Å². The second-order valence-corrected chi connectivity index (χ2v) is 6.56. The van der Waals surface area contributed by atoms with Crippen LogP contribution in [0, 0.1) is 10.1 Å². The predicted octanol–water partition coefficient (Wildman–Crippen LogP) is 5.61. The third-order valence-corrected chi connectivity index (χ3v) is 4.26. The largest absolute Gasteiger partial charge is 0.416 e. The number of nitrogens with zero attached hydrogens (tertiary/aromatic N) is 3. The van der Waals surface area contributed by atoms with E-state index in [1.807, 2.05) is 35.0 Å². The van der Waals surface area contributed by atoms with Gasteiger partial charge in [-0.2, -0.15) is 18.3 Å². The summed E-state index contributed by atoms with van der Waals surface area (Å²) in [6.45, 7) is 0. The first-order valence-electron chi connectivity index (χ1n) is 7.84. The molecule has 0 aliphatic heterocycles. The van der Waals surface area contributed by atoms with Gasteiger partial charge < -0.3 is 4.57 Å². The fourth-order valence-corrected chi connectivity index (χ4v) is 2.87. The fraction of sp³-hybridized carbons (Fsp3) is 0.0556. The number of hydrogen-bond acceptors (Lipinski definition) is 4. The second kappa shape index (κ2) is 7.85. The summed E-state index contributed by atoms with van der Waals surface area (Å²) < 4.78 is 41.0. The molecule has 3 aromatic rings. The zero-order valence-electron chi connectivity index (χ0n) is 14.0. The van der Waals surface area contributed by atoms with Crippen LogP contribution < -0.4 is 5.43 Å². The van der Waals surface area contributed by atoms with Gasteiger partial charge in [0.15, 0.2) is 0 Å². The Morgan fingerprint density at radius 1 is 1.14 bits per heavy atom. The molecular weight excluding hydrogens is 441 g/mol. The number of hydrazone groups is 1. The molecule has 1 N–H and O–H groups in total. The molecule has 0 spiro atoms. The monoisotopic (exact) mass is 452 g/mol. The molecule has 144 valence electrons. The molecule has 0 fully saturated rings. The first-order valence-corrected chi connectivity index (χ1v) is 8.63. The van der Waals surface area contributed by atoms with Crippen LogP contribution in [0.25, 0.3) is 5.69 Å². The van der Waals surface area contributed by atoms with Crippen molar-refractivity contribution < 1.29 is 18.1 Å². The van der Waals surface area contributed by atoms with Crippen LogP contribution in [0.4, 0.5) is 24.5 Å². The van der Waals surface area contributed by atoms with Crippen molar-refractivity contribution in [2.45, 2.75) is 6.18 Å². The fourth-order valence-electron chi connectivity index (χ4n) is 2.48. The average Bonchev–Trinajstić information content (AvgIpc) is 3.09. The molecule has 6 nitrogen and oxygen atoms in total. The maximum Gasteiger partial charge on any atom is 0.416 e. The van der Waals surface area contributed by atoms with Crippen molar-refractivity contribution in [2.24, 2.45) is 5.10 Å². The number of nitro groups is 1. The molecule has 0 aliphatic rings. The smallest absolute Gasteiger partial charge is 0.316 e. The average molecular weight is 453 g/mol. The Hall–Kier alpha value is -3.14. The Bertz CT molecular complexity index is 1050. The molecule has 3 rings (SSSR count). The van der Waals surface area contributed by atoms with Crippen LogP contribution in [0.3, 0.4) is 0 Å². The lowest BCUT2D eigenvalue weighted by Gasteiger charge is -2.09. The minimum Gasteiger partial charge on any atom is -0.316 e. The first-order chi connectivity index (χ1) is 13.3. The van der Waals surface area contributed by atoms with Crippen LogP contribution in [-0.2, 0) is 6.18 Å². The predicted molar refractivity (Wildman–Crippen MR) is 103 cm³/mol. The van der Waals surface area contributed by atoms with E-state index >= 15 is 0 Å². The molecule has 28 heavy (non-hydrogen) atoms. The number of aromatic nitrogens is 1. The van der Waals surface area contributed by atoms with Crippen LogP contribution in [0.2, 0.25) is 0 Å². The molecule has 0 radical (unpaired) electrons. The van der Waals surface area contributed by atoms with Gasteiger partial charge in [0.25, 0.3) is 5.69 Å². The van der Waals surface area contributed by atoms with E-state index in [9.17, 15) is 23.3 Å². The van der Waals surface area contributed by atoms with Gasteiger partial charge in [-0.3, -0.25) is 15.5 Å². The molecule has 1 aromatic heterocycles. The van der Waals surface area contributed by atoms with Gasteiger partial charge in [-0.1, -0.05) is 22.0 Å². The highest BCUT2D eigenvalue weighted by molar-refractivity contribution is 9.10. The molecule has 0 aliphatic carbocycles. The number of halogens is 4. The van der Waals surface area contributed by atoms with Gasteiger partial charge in [0.2, 0.25) is 0 Å². The van der Waals surface area contributed by atoms with Crippen molar-refractivity contribution in [3.8, 4) is 5.69 Å². The summed E-state index contributed by atoms with van der Waals surface area (Å²) in [7, 11) is 0. The number of anilines is 1. The summed E-state index contributed by atoms with van der Waals surface area (Å²) >= 11 is 3.39. The lowest BCUT2D eigenvalue weighted by Crippen LogP contribution is -2.07. The van der Waals surface area contributed by atoms with Gasteiger partial charge in [0.1, 0.15) is 5.69 Å². The van der Waals surface area contributed by atoms with E-state index in [0.29, 0.717) is 11.8 Å². The maximum atomic E-state index is 12.8. The third kappa shape index (κ3) is 4.39. The molecule has 2 aromatic carbocycles. The summed E-state index contributed by atoms with van der Waals surface area (Å²) in [5, 5.41) is 15.0. The number of alkyl halides is 3. The number of nitro benzene ring substituents is 1. The van der Waals surface area contributed by atoms with Gasteiger partial charge >= 0.3 is 6.18 Å². The lowest BCUT2D eigenvalue weighted by atomic mass is 10.1. The van der Waals surface area contributed by atoms with E-state index in [1.165, 1.54) is 6.21 Å². The van der Waals surface area contributed by atoms with Crippen LogP contribution in [0.1, 0.15) is 11.3 Å². The molecule has 0 amide bonds. The van der Waals surface area contributed by atoms with E-state index in [4.69, 9.17) is 0 Å². The van der Waals surface area contributed by atoms with E-state index in [-0.39, 0.29) is 5.69 Å².